The second-order valence-electron chi connectivity index (χ2n) is 4.46. The van der Waals surface area contributed by atoms with Crippen LogP contribution < -0.4 is 11.1 Å². The van der Waals surface area contributed by atoms with Gasteiger partial charge in [-0.05, 0) is 24.6 Å². The number of nitrogen functional groups attached to an aromatic ring is 1. The van der Waals surface area contributed by atoms with Crippen molar-refractivity contribution in [2.75, 3.05) is 12.3 Å². The third kappa shape index (κ3) is 2.52. The number of nitrogens with two attached hydrogens (primary N) is 1. The van der Waals surface area contributed by atoms with Crippen molar-refractivity contribution in [3.8, 4) is 0 Å². The van der Waals surface area contributed by atoms with Gasteiger partial charge in [0.15, 0.2) is 0 Å². The minimum absolute atomic E-state index is 0.0292. The zero-order valence-corrected chi connectivity index (χ0v) is 11.7. The van der Waals surface area contributed by atoms with Gasteiger partial charge in [-0.15, -0.1) is 0 Å². The molecule has 1 unspecified atom stereocenters. The molecule has 2 amide bonds. The number of anilines is 1. The lowest BCUT2D eigenvalue weighted by atomic mass is 10.2. The molecular formula is C12H15N3O4S. The molecule has 1 saturated heterocycles. The Labute approximate surface area is 116 Å². The lowest BCUT2D eigenvalue weighted by molar-refractivity contribution is -0.137. The number of amides is 2. The molecule has 7 nitrogen and oxygen atoms in total. The number of sulfonamides is 1. The molecule has 1 heterocycles. The molecule has 0 aromatic heterocycles. The number of imide groups is 1. The molecule has 2 rings (SSSR count). The van der Waals surface area contributed by atoms with Gasteiger partial charge in [-0.1, -0.05) is 13.0 Å². The van der Waals surface area contributed by atoms with E-state index in [0.717, 1.165) is 4.31 Å². The highest BCUT2D eigenvalue weighted by molar-refractivity contribution is 7.89. The monoisotopic (exact) mass is 297 g/mol. The normalized spacial score (nSPS) is 20.8. The van der Waals surface area contributed by atoms with E-state index in [2.05, 4.69) is 5.32 Å². The Morgan fingerprint density at radius 2 is 2.10 bits per heavy atom. The van der Waals surface area contributed by atoms with Crippen LogP contribution in [-0.2, 0) is 19.6 Å². The van der Waals surface area contributed by atoms with E-state index in [9.17, 15) is 18.0 Å². The summed E-state index contributed by atoms with van der Waals surface area (Å²) < 4.78 is 26.0. The predicted octanol–water partition coefficient (Wildman–Crippen LogP) is -0.305. The third-order valence-corrected chi connectivity index (χ3v) is 4.91. The number of piperazine rings is 1. The molecule has 0 saturated carbocycles. The molecule has 1 fully saturated rings. The van der Waals surface area contributed by atoms with Gasteiger partial charge >= 0.3 is 0 Å². The Morgan fingerprint density at radius 3 is 2.70 bits per heavy atom. The van der Waals surface area contributed by atoms with Crippen molar-refractivity contribution in [3.63, 3.8) is 0 Å². The van der Waals surface area contributed by atoms with E-state index >= 15 is 0 Å². The van der Waals surface area contributed by atoms with Gasteiger partial charge in [-0.2, -0.15) is 4.31 Å². The number of carbonyl (C=O) groups excluding carboxylic acids is 2. The Balaban J connectivity index is 2.46. The number of hydrogen-bond acceptors (Lipinski definition) is 5. The van der Waals surface area contributed by atoms with Crippen LogP contribution in [0.1, 0.15) is 13.3 Å². The van der Waals surface area contributed by atoms with Gasteiger partial charge in [0.05, 0.1) is 11.4 Å². The van der Waals surface area contributed by atoms with E-state index in [-0.39, 0.29) is 17.9 Å². The highest BCUT2D eigenvalue weighted by Gasteiger charge is 2.40. The summed E-state index contributed by atoms with van der Waals surface area (Å²) in [5.41, 5.74) is 5.88. The van der Waals surface area contributed by atoms with Crippen LogP contribution in [-0.4, -0.2) is 37.1 Å². The maximum absolute atomic E-state index is 12.5. The summed E-state index contributed by atoms with van der Waals surface area (Å²) in [6.45, 7) is 1.31. The zero-order chi connectivity index (χ0) is 14.9. The number of nitrogens with one attached hydrogen (secondary N) is 1. The molecule has 0 spiro atoms. The van der Waals surface area contributed by atoms with E-state index < -0.39 is 27.9 Å². The van der Waals surface area contributed by atoms with Gasteiger partial charge in [-0.3, -0.25) is 14.9 Å². The maximum Gasteiger partial charge on any atom is 0.245 e. The molecule has 3 N–H and O–H groups in total. The summed E-state index contributed by atoms with van der Waals surface area (Å²) in [6, 6.07) is 4.87. The molecule has 1 atom stereocenters. The number of hydrogen-bond donors (Lipinski definition) is 2. The van der Waals surface area contributed by atoms with Gasteiger partial charge in [0.1, 0.15) is 6.04 Å². The number of carbonyl (C=O) groups is 2. The van der Waals surface area contributed by atoms with Crippen molar-refractivity contribution >= 4 is 27.5 Å². The largest absolute Gasteiger partial charge is 0.399 e. The lowest BCUT2D eigenvalue weighted by Gasteiger charge is -2.32. The molecule has 0 bridgehead atoms. The van der Waals surface area contributed by atoms with E-state index in [1.807, 2.05) is 0 Å². The topological polar surface area (TPSA) is 110 Å². The summed E-state index contributed by atoms with van der Waals surface area (Å²) in [6.07, 6.45) is 0.278. The first kappa shape index (κ1) is 14.5. The third-order valence-electron chi connectivity index (χ3n) is 3.06. The van der Waals surface area contributed by atoms with Gasteiger partial charge in [0.2, 0.25) is 21.8 Å². The van der Waals surface area contributed by atoms with Gasteiger partial charge in [0, 0.05) is 5.69 Å². The first-order valence-electron chi connectivity index (χ1n) is 6.07. The molecular weight excluding hydrogens is 282 g/mol. The number of rotatable bonds is 3. The summed E-state index contributed by atoms with van der Waals surface area (Å²) in [5, 5.41) is 2.14. The number of benzene rings is 1. The lowest BCUT2D eigenvalue weighted by Crippen LogP contribution is -2.59. The minimum atomic E-state index is -3.94. The average molecular weight is 297 g/mol. The van der Waals surface area contributed by atoms with Crippen LogP contribution in [0.15, 0.2) is 29.2 Å². The summed E-state index contributed by atoms with van der Waals surface area (Å²) >= 11 is 0. The van der Waals surface area contributed by atoms with E-state index in [1.54, 1.807) is 13.0 Å². The minimum Gasteiger partial charge on any atom is -0.399 e. The van der Waals surface area contributed by atoms with Gasteiger partial charge in [-0.25, -0.2) is 8.42 Å². The summed E-state index contributed by atoms with van der Waals surface area (Å²) in [7, 11) is -3.94. The second-order valence-corrected chi connectivity index (χ2v) is 6.35. The van der Waals surface area contributed by atoms with Crippen LogP contribution >= 0.6 is 0 Å². The molecule has 1 aromatic rings. The molecule has 1 aliphatic rings. The Bertz CT molecular complexity index is 656. The fraction of sp³-hybridized carbons (Fsp3) is 0.333. The average Bonchev–Trinajstić information content (AvgIpc) is 2.38. The van der Waals surface area contributed by atoms with Crippen LogP contribution in [0.3, 0.4) is 0 Å². The quantitative estimate of drug-likeness (QED) is 0.587. The Kier molecular flexibility index (Phi) is 3.78. The molecule has 108 valence electrons. The van der Waals surface area contributed by atoms with Crippen molar-refractivity contribution in [2.45, 2.75) is 24.3 Å². The van der Waals surface area contributed by atoms with Gasteiger partial charge in [0.25, 0.3) is 0 Å². The molecule has 0 aliphatic carbocycles. The van der Waals surface area contributed by atoms with Crippen LogP contribution in [0.25, 0.3) is 0 Å². The molecule has 20 heavy (non-hydrogen) atoms. The standard InChI is InChI=1S/C12H15N3O4S/c1-2-10-12(17)14-11(16)7-15(10)20(18,19)9-5-3-4-8(13)6-9/h3-6,10H,2,7,13H2,1H3,(H,14,16,17). The van der Waals surface area contributed by atoms with Crippen molar-refractivity contribution in [3.05, 3.63) is 24.3 Å². The van der Waals surface area contributed by atoms with Crippen LogP contribution in [0.5, 0.6) is 0 Å². The summed E-state index contributed by atoms with van der Waals surface area (Å²) in [4.78, 5) is 23.1. The van der Waals surface area contributed by atoms with E-state index in [4.69, 9.17) is 5.73 Å². The van der Waals surface area contributed by atoms with E-state index in [0.29, 0.717) is 5.69 Å². The molecule has 0 radical (unpaired) electrons. The first-order valence-corrected chi connectivity index (χ1v) is 7.51. The van der Waals surface area contributed by atoms with Crippen molar-refractivity contribution < 1.29 is 18.0 Å². The van der Waals surface area contributed by atoms with Crippen molar-refractivity contribution in [1.29, 1.82) is 0 Å². The maximum atomic E-state index is 12.5. The second kappa shape index (κ2) is 5.22. The SMILES string of the molecule is CCC1C(=O)NC(=O)CN1S(=O)(=O)c1cccc(N)c1. The van der Waals surface area contributed by atoms with Crippen LogP contribution in [0.2, 0.25) is 0 Å². The summed E-state index contributed by atoms with van der Waals surface area (Å²) in [5.74, 6) is -1.23. The highest BCUT2D eigenvalue weighted by Crippen LogP contribution is 2.22. The zero-order valence-electron chi connectivity index (χ0n) is 10.9. The van der Waals surface area contributed by atoms with Gasteiger partial charge < -0.3 is 5.73 Å². The molecule has 8 heteroatoms. The number of nitrogens with zero attached hydrogens (tertiary/aromatic N) is 1. The Morgan fingerprint density at radius 1 is 1.40 bits per heavy atom. The fourth-order valence-corrected chi connectivity index (χ4v) is 3.77. The van der Waals surface area contributed by atoms with Crippen LogP contribution in [0, 0.1) is 0 Å². The molecule has 1 aromatic carbocycles. The highest BCUT2D eigenvalue weighted by atomic mass is 32.2. The fourth-order valence-electron chi connectivity index (χ4n) is 2.09. The predicted molar refractivity (Wildman–Crippen MR) is 72.0 cm³/mol. The first-order chi connectivity index (χ1) is 9.36. The Hall–Kier alpha value is -1.93. The molecule has 1 aliphatic heterocycles. The van der Waals surface area contributed by atoms with E-state index in [1.165, 1.54) is 18.2 Å². The smallest absolute Gasteiger partial charge is 0.245 e. The van der Waals surface area contributed by atoms with Crippen molar-refractivity contribution in [1.82, 2.24) is 9.62 Å². The van der Waals surface area contributed by atoms with Crippen LogP contribution in [0.4, 0.5) is 5.69 Å². The van der Waals surface area contributed by atoms with Crippen molar-refractivity contribution in [2.24, 2.45) is 0 Å².